The molecule has 17 nitrogen and oxygen atoms in total. The summed E-state index contributed by atoms with van der Waals surface area (Å²) < 4.78 is 68.7. The van der Waals surface area contributed by atoms with E-state index in [1.165, 1.54) is 244 Å². The van der Waals surface area contributed by atoms with E-state index < -0.39 is 97.5 Å². The van der Waals surface area contributed by atoms with Gasteiger partial charge < -0.3 is 33.8 Å². The van der Waals surface area contributed by atoms with Gasteiger partial charge in [0.25, 0.3) is 0 Å². The second-order valence-electron chi connectivity index (χ2n) is 29.9. The fraction of sp³-hybridized carbons (Fsp3) is 0.951. The van der Waals surface area contributed by atoms with Crippen LogP contribution in [0.1, 0.15) is 427 Å². The predicted molar refractivity (Wildman–Crippen MR) is 409 cm³/mol. The third-order valence-corrected chi connectivity index (χ3v) is 21.2. The van der Waals surface area contributed by atoms with Crippen molar-refractivity contribution in [3.63, 3.8) is 0 Å². The van der Waals surface area contributed by atoms with Gasteiger partial charge in [0.15, 0.2) is 12.2 Å². The van der Waals surface area contributed by atoms with Crippen molar-refractivity contribution >= 4 is 39.5 Å². The average molecular weight is 1470 g/mol. The van der Waals surface area contributed by atoms with Crippen molar-refractivity contribution in [2.45, 2.75) is 445 Å². The van der Waals surface area contributed by atoms with Crippen LogP contribution in [-0.2, 0) is 65.4 Å². The third kappa shape index (κ3) is 73.0. The van der Waals surface area contributed by atoms with E-state index >= 15 is 0 Å². The maximum absolute atomic E-state index is 13.1. The average Bonchev–Trinajstić information content (AvgIpc) is 0.928. The van der Waals surface area contributed by atoms with Gasteiger partial charge in [-0.3, -0.25) is 37.3 Å². The lowest BCUT2D eigenvalue weighted by Gasteiger charge is -2.21. The molecular weight excluding hydrogens is 1310 g/mol. The summed E-state index contributed by atoms with van der Waals surface area (Å²) in [5, 5.41) is 10.6. The first kappa shape index (κ1) is 98.1. The number of carbonyl (C=O) groups is 4. The number of hydrogen-bond donors (Lipinski definition) is 3. The molecule has 0 bridgehead atoms. The molecule has 0 heterocycles. The smallest absolute Gasteiger partial charge is 0.462 e. The van der Waals surface area contributed by atoms with Gasteiger partial charge in [-0.2, -0.15) is 0 Å². The summed E-state index contributed by atoms with van der Waals surface area (Å²) in [4.78, 5) is 73.0. The van der Waals surface area contributed by atoms with Crippen LogP contribution in [0.5, 0.6) is 0 Å². The molecule has 3 unspecified atom stereocenters. The van der Waals surface area contributed by atoms with Gasteiger partial charge in [0.05, 0.1) is 26.4 Å². The lowest BCUT2D eigenvalue weighted by molar-refractivity contribution is -0.161. The lowest BCUT2D eigenvalue weighted by Crippen LogP contribution is -2.30. The normalized spacial score (nSPS) is 14.2. The van der Waals surface area contributed by atoms with Crippen molar-refractivity contribution in [1.29, 1.82) is 0 Å². The van der Waals surface area contributed by atoms with Crippen LogP contribution in [0, 0.1) is 11.8 Å². The third-order valence-electron chi connectivity index (χ3n) is 19.3. The number of phosphoric acid groups is 2. The number of esters is 4. The highest BCUT2D eigenvalue weighted by Gasteiger charge is 2.30. The van der Waals surface area contributed by atoms with E-state index in [1.807, 2.05) is 0 Å². The van der Waals surface area contributed by atoms with Gasteiger partial charge in [-0.15, -0.1) is 0 Å². The zero-order chi connectivity index (χ0) is 73.5. The summed E-state index contributed by atoms with van der Waals surface area (Å²) in [5.74, 6) is -0.542. The molecule has 0 radical (unpaired) electrons. The molecule has 19 heteroatoms. The molecule has 6 atom stereocenters. The molecule has 0 saturated carbocycles. The standard InChI is InChI=1S/C81H158O17P2/c1-7-10-12-14-16-18-20-21-22-23-24-25-26-27-28-33-36-40-47-53-59-65-80(85)97-76(69-92-79(84)64-58-52-46-39-35-32-30-29-31-34-37-43-49-55-61-73(4)5)71-95-99(87,88)93-67-75(82)68-94-100(89,90)96-72-77(70-91-78(83)63-57-51-45-38-19-17-15-13-11-8-2)98-81(86)66-60-54-48-42-41-44-50-56-62-74(6)9-3/h73-77,82H,7-72H2,1-6H3,(H,87,88)(H,89,90)/t74?,75-,76-,77-/m1/s1. The zero-order valence-electron chi connectivity index (χ0n) is 65.5. The van der Waals surface area contributed by atoms with E-state index in [9.17, 15) is 43.2 Å². The predicted octanol–water partition coefficient (Wildman–Crippen LogP) is 24.3. The van der Waals surface area contributed by atoms with Crippen LogP contribution in [0.25, 0.3) is 0 Å². The largest absolute Gasteiger partial charge is 0.472 e. The minimum atomic E-state index is -4.96. The number of aliphatic hydroxyl groups is 1. The Bertz CT molecular complexity index is 1930. The number of carbonyl (C=O) groups excluding carboxylic acids is 4. The molecule has 0 aliphatic carbocycles. The summed E-state index contributed by atoms with van der Waals surface area (Å²) >= 11 is 0. The SMILES string of the molecule is CCCCCCCCCCCCCCCCCCCCCCCC(=O)O[C@H](COC(=O)CCCCCCCCCCCCCCCCC(C)C)COP(=O)(O)OC[C@@H](O)COP(=O)(O)OC[C@@H](COC(=O)CCCCCCCCCCCC)OC(=O)CCCCCCCCCCC(C)CC. The minimum Gasteiger partial charge on any atom is -0.462 e. The minimum absolute atomic E-state index is 0.105. The molecule has 0 aromatic rings. The fourth-order valence-corrected chi connectivity index (χ4v) is 14.1. The molecule has 0 aromatic heterocycles. The van der Waals surface area contributed by atoms with E-state index in [-0.39, 0.29) is 25.7 Å². The Hall–Kier alpha value is -1.94. The molecule has 0 amide bonds. The topological polar surface area (TPSA) is 237 Å². The molecule has 0 spiro atoms. The van der Waals surface area contributed by atoms with Crippen LogP contribution in [0.3, 0.4) is 0 Å². The first-order valence-corrected chi connectivity index (χ1v) is 45.0. The molecule has 3 N–H and O–H groups in total. The fourth-order valence-electron chi connectivity index (χ4n) is 12.5. The van der Waals surface area contributed by atoms with E-state index in [4.69, 9.17) is 37.0 Å². The molecule has 0 aliphatic heterocycles. The van der Waals surface area contributed by atoms with Crippen molar-refractivity contribution < 1.29 is 80.2 Å². The van der Waals surface area contributed by atoms with Gasteiger partial charge in [-0.05, 0) is 37.5 Å². The Kier molecular flexibility index (Phi) is 71.2. The zero-order valence-corrected chi connectivity index (χ0v) is 67.3. The molecule has 0 saturated heterocycles. The van der Waals surface area contributed by atoms with Crippen molar-refractivity contribution in [3.05, 3.63) is 0 Å². The van der Waals surface area contributed by atoms with Gasteiger partial charge >= 0.3 is 39.5 Å². The van der Waals surface area contributed by atoms with Crippen LogP contribution in [-0.4, -0.2) is 96.7 Å². The highest BCUT2D eigenvalue weighted by atomic mass is 31.2. The Morgan fingerprint density at radius 2 is 0.510 bits per heavy atom. The number of hydrogen-bond acceptors (Lipinski definition) is 15. The van der Waals surface area contributed by atoms with Crippen molar-refractivity contribution in [2.75, 3.05) is 39.6 Å². The summed E-state index contributed by atoms with van der Waals surface area (Å²) in [6.07, 6.45) is 62.5. The van der Waals surface area contributed by atoms with Crippen LogP contribution >= 0.6 is 15.6 Å². The van der Waals surface area contributed by atoms with E-state index in [1.54, 1.807) is 0 Å². The molecule has 100 heavy (non-hydrogen) atoms. The van der Waals surface area contributed by atoms with Crippen molar-refractivity contribution in [3.8, 4) is 0 Å². The Morgan fingerprint density at radius 3 is 0.760 bits per heavy atom. The van der Waals surface area contributed by atoms with E-state index in [2.05, 4.69) is 41.5 Å². The molecule has 0 aromatic carbocycles. The first-order chi connectivity index (χ1) is 48.4. The monoisotopic (exact) mass is 1470 g/mol. The van der Waals surface area contributed by atoms with Crippen molar-refractivity contribution in [1.82, 2.24) is 0 Å². The highest BCUT2D eigenvalue weighted by molar-refractivity contribution is 7.47. The van der Waals surface area contributed by atoms with Crippen molar-refractivity contribution in [2.24, 2.45) is 11.8 Å². The second kappa shape index (κ2) is 72.6. The Balaban J connectivity index is 5.22. The van der Waals surface area contributed by atoms with Crippen LogP contribution in [0.2, 0.25) is 0 Å². The van der Waals surface area contributed by atoms with Crippen LogP contribution in [0.15, 0.2) is 0 Å². The number of unbranched alkanes of at least 4 members (excludes halogenated alkanes) is 49. The van der Waals surface area contributed by atoms with E-state index in [0.717, 1.165) is 102 Å². The molecule has 0 aliphatic rings. The number of phosphoric ester groups is 2. The highest BCUT2D eigenvalue weighted by Crippen LogP contribution is 2.45. The molecule has 594 valence electrons. The van der Waals surface area contributed by atoms with Crippen LogP contribution < -0.4 is 0 Å². The summed E-state index contributed by atoms with van der Waals surface area (Å²) in [5.41, 5.74) is 0. The number of ether oxygens (including phenoxy) is 4. The van der Waals surface area contributed by atoms with Gasteiger partial charge in [0.2, 0.25) is 0 Å². The van der Waals surface area contributed by atoms with Gasteiger partial charge in [-0.25, -0.2) is 9.13 Å². The Labute approximate surface area is 613 Å². The van der Waals surface area contributed by atoms with Crippen LogP contribution in [0.4, 0.5) is 0 Å². The maximum Gasteiger partial charge on any atom is 0.472 e. The van der Waals surface area contributed by atoms with Gasteiger partial charge in [-0.1, -0.05) is 375 Å². The first-order valence-electron chi connectivity index (χ1n) is 42.0. The van der Waals surface area contributed by atoms with Gasteiger partial charge in [0, 0.05) is 25.7 Å². The van der Waals surface area contributed by atoms with Gasteiger partial charge in [0.1, 0.15) is 19.3 Å². The molecular formula is C81H158O17P2. The second-order valence-corrected chi connectivity index (χ2v) is 32.8. The summed E-state index contributed by atoms with van der Waals surface area (Å²) in [7, 11) is -9.92. The quantitative estimate of drug-likeness (QED) is 0.0222. The lowest BCUT2D eigenvalue weighted by atomic mass is 9.99. The number of aliphatic hydroxyl groups excluding tert-OH is 1. The summed E-state index contributed by atoms with van der Waals surface area (Å²) in [6, 6.07) is 0. The maximum atomic E-state index is 13.1. The summed E-state index contributed by atoms with van der Waals surface area (Å²) in [6.45, 7) is 9.64. The molecule has 0 fully saturated rings. The number of rotatable bonds is 80. The Morgan fingerprint density at radius 1 is 0.290 bits per heavy atom. The molecule has 0 rings (SSSR count). The van der Waals surface area contributed by atoms with E-state index in [0.29, 0.717) is 25.7 Å².